The summed E-state index contributed by atoms with van der Waals surface area (Å²) in [5.41, 5.74) is 0. The summed E-state index contributed by atoms with van der Waals surface area (Å²) in [6.07, 6.45) is 53.8. The van der Waals surface area contributed by atoms with E-state index in [1.165, 1.54) is 199 Å². The van der Waals surface area contributed by atoms with Gasteiger partial charge >= 0.3 is 0 Å². The summed E-state index contributed by atoms with van der Waals surface area (Å²) in [5.74, 6) is 0.949. The van der Waals surface area contributed by atoms with Crippen LogP contribution in [-0.2, 0) is 0 Å². The molecule has 0 radical (unpaired) electrons. The van der Waals surface area contributed by atoms with Gasteiger partial charge in [-0.3, -0.25) is 0 Å². The quantitative estimate of drug-likeness (QED) is 0.0532. The van der Waals surface area contributed by atoms with Crippen molar-refractivity contribution in [3.05, 3.63) is 24.3 Å². The second-order valence-corrected chi connectivity index (χ2v) is 14.3. The van der Waals surface area contributed by atoms with E-state index in [1.54, 1.807) is 0 Å². The van der Waals surface area contributed by atoms with Crippen molar-refractivity contribution < 1.29 is 0 Å². The summed E-state index contributed by atoms with van der Waals surface area (Å²) < 4.78 is 0. The van der Waals surface area contributed by atoms with E-state index in [1.807, 2.05) is 26.0 Å². The van der Waals surface area contributed by atoms with Crippen molar-refractivity contribution in [3.8, 4) is 0 Å². The Bertz CT molecular complexity index is 516. The maximum atomic E-state index is 2.50. The predicted octanol–water partition coefficient (Wildman–Crippen LogP) is 15.0. The maximum Gasteiger partial charge on any atom is -0.0140 e. The fourth-order valence-corrected chi connectivity index (χ4v) is 5.80. The first-order chi connectivity index (χ1) is 21.0. The number of unbranched alkanes of at least 4 members (excludes halogenated alkanes) is 25. The van der Waals surface area contributed by atoms with Gasteiger partial charge < -0.3 is 4.90 Å². The highest BCUT2D eigenvalue weighted by atomic mass is 15.0. The summed E-state index contributed by atoms with van der Waals surface area (Å²) in [7, 11) is 6.00. The summed E-state index contributed by atoms with van der Waals surface area (Å²) in [4.78, 5) is 2.00. The van der Waals surface area contributed by atoms with Crippen molar-refractivity contribution in [2.45, 2.75) is 220 Å². The largest absolute Gasteiger partial charge is 0.312 e. The highest BCUT2D eigenvalue weighted by Gasteiger charge is 2.02. The van der Waals surface area contributed by atoms with Crippen LogP contribution in [0, 0.1) is 5.92 Å². The van der Waals surface area contributed by atoms with Gasteiger partial charge in [-0.1, -0.05) is 193 Å². The Morgan fingerprint density at radius 2 is 0.558 bits per heavy atom. The Labute approximate surface area is 275 Å². The molecule has 0 fully saturated rings. The molecule has 0 rings (SSSR count). The zero-order chi connectivity index (χ0) is 31.9. The van der Waals surface area contributed by atoms with E-state index < -0.39 is 0 Å². The van der Waals surface area contributed by atoms with E-state index in [-0.39, 0.29) is 0 Å². The predicted molar refractivity (Wildman–Crippen MR) is 202 cm³/mol. The molecule has 0 heterocycles. The number of rotatable bonds is 33. The van der Waals surface area contributed by atoms with Gasteiger partial charge in [-0.2, -0.15) is 0 Å². The van der Waals surface area contributed by atoms with Crippen LogP contribution in [0.1, 0.15) is 220 Å². The van der Waals surface area contributed by atoms with Gasteiger partial charge in [0.1, 0.15) is 0 Å². The second-order valence-electron chi connectivity index (χ2n) is 14.3. The zero-order valence-corrected chi connectivity index (χ0v) is 31.3. The molecular formula is C42H85N. The third-order valence-corrected chi connectivity index (χ3v) is 8.67. The summed E-state index contributed by atoms with van der Waals surface area (Å²) in [6, 6.07) is 0. The van der Waals surface area contributed by atoms with E-state index in [9.17, 15) is 0 Å². The van der Waals surface area contributed by atoms with Crippen LogP contribution in [0.25, 0.3) is 0 Å². The van der Waals surface area contributed by atoms with Crippen molar-refractivity contribution in [2.75, 3.05) is 21.1 Å². The molecule has 0 bridgehead atoms. The first-order valence-corrected chi connectivity index (χ1v) is 19.9. The van der Waals surface area contributed by atoms with Crippen molar-refractivity contribution in [1.82, 2.24) is 4.90 Å². The molecule has 43 heavy (non-hydrogen) atoms. The summed E-state index contributed by atoms with van der Waals surface area (Å²) >= 11 is 0. The standard InChI is InChI=1S/C39H76.C3H9N/c1-4-6-8-10-12-14-16-18-20-22-24-26-28-30-32-34-36-38-39(3)37-35-33-31-29-27-25-23-21-19-17-15-13-11-9-7-5-2;1-4(2)3/h18-21,39H,4-17,22-38H2,1-3H3;1-3H3/b20-18-,21-19-;. The molecule has 0 aromatic carbocycles. The number of hydrogen-bond acceptors (Lipinski definition) is 1. The summed E-state index contributed by atoms with van der Waals surface area (Å²) in [6.45, 7) is 7.09. The number of nitrogens with zero attached hydrogens (tertiary/aromatic N) is 1. The van der Waals surface area contributed by atoms with Gasteiger partial charge in [0.2, 0.25) is 0 Å². The van der Waals surface area contributed by atoms with E-state index >= 15 is 0 Å². The van der Waals surface area contributed by atoms with Crippen LogP contribution < -0.4 is 0 Å². The Morgan fingerprint density at radius 1 is 0.349 bits per heavy atom. The van der Waals surface area contributed by atoms with Crippen LogP contribution in [0.5, 0.6) is 0 Å². The molecule has 1 nitrogen and oxygen atoms in total. The lowest BCUT2D eigenvalue weighted by Gasteiger charge is -2.11. The molecule has 0 aliphatic heterocycles. The van der Waals surface area contributed by atoms with Gasteiger partial charge in [-0.15, -0.1) is 0 Å². The number of allylic oxidation sites excluding steroid dienone is 4. The average molecular weight is 604 g/mol. The van der Waals surface area contributed by atoms with Gasteiger partial charge in [-0.05, 0) is 78.4 Å². The minimum atomic E-state index is 0.949. The van der Waals surface area contributed by atoms with Gasteiger partial charge in [0.05, 0.1) is 0 Å². The van der Waals surface area contributed by atoms with Crippen LogP contribution in [0.2, 0.25) is 0 Å². The van der Waals surface area contributed by atoms with Crippen LogP contribution in [0.4, 0.5) is 0 Å². The molecule has 0 aliphatic rings. The van der Waals surface area contributed by atoms with Gasteiger partial charge in [0.15, 0.2) is 0 Å². The third kappa shape index (κ3) is 48.5. The summed E-state index contributed by atoms with van der Waals surface area (Å²) in [5, 5.41) is 0. The van der Waals surface area contributed by atoms with Crippen LogP contribution in [0.3, 0.4) is 0 Å². The fourth-order valence-electron chi connectivity index (χ4n) is 5.80. The molecule has 0 aromatic heterocycles. The SMILES string of the molecule is CCCCCCCC/C=C\CCCCCCCCCC(C)CCCCCCCC/C=C\CCCCCCCC.CN(C)C. The molecule has 1 atom stereocenters. The van der Waals surface area contributed by atoms with Crippen LogP contribution in [-0.4, -0.2) is 26.0 Å². The monoisotopic (exact) mass is 604 g/mol. The highest BCUT2D eigenvalue weighted by molar-refractivity contribution is 4.82. The van der Waals surface area contributed by atoms with Crippen molar-refractivity contribution in [1.29, 1.82) is 0 Å². The lowest BCUT2D eigenvalue weighted by molar-refractivity contribution is 0.431. The first kappa shape index (κ1) is 44.6. The molecule has 0 amide bonds. The minimum Gasteiger partial charge on any atom is -0.312 e. The molecule has 0 spiro atoms. The van der Waals surface area contributed by atoms with Crippen LogP contribution in [0.15, 0.2) is 24.3 Å². The van der Waals surface area contributed by atoms with E-state index in [0.717, 1.165) is 5.92 Å². The molecular weight excluding hydrogens is 518 g/mol. The molecule has 1 unspecified atom stereocenters. The average Bonchev–Trinajstić information content (AvgIpc) is 2.98. The number of hydrogen-bond donors (Lipinski definition) is 0. The smallest absolute Gasteiger partial charge is 0.0140 e. The normalized spacial score (nSPS) is 12.4. The van der Waals surface area contributed by atoms with Gasteiger partial charge in [0.25, 0.3) is 0 Å². The lowest BCUT2D eigenvalue weighted by atomic mass is 9.95. The minimum absolute atomic E-state index is 0.949. The molecule has 258 valence electrons. The Balaban J connectivity index is 0. The van der Waals surface area contributed by atoms with Crippen molar-refractivity contribution >= 4 is 0 Å². The van der Waals surface area contributed by atoms with Crippen LogP contribution >= 0.6 is 0 Å². The van der Waals surface area contributed by atoms with E-state index in [2.05, 4.69) is 45.1 Å². The zero-order valence-electron chi connectivity index (χ0n) is 31.3. The van der Waals surface area contributed by atoms with E-state index in [4.69, 9.17) is 0 Å². The van der Waals surface area contributed by atoms with Crippen molar-refractivity contribution in [3.63, 3.8) is 0 Å². The van der Waals surface area contributed by atoms with Gasteiger partial charge in [-0.25, -0.2) is 0 Å². The van der Waals surface area contributed by atoms with Gasteiger partial charge in [0, 0.05) is 0 Å². The molecule has 0 saturated carbocycles. The highest BCUT2D eigenvalue weighted by Crippen LogP contribution is 2.19. The Hall–Kier alpha value is -0.560. The Morgan fingerprint density at radius 3 is 0.814 bits per heavy atom. The topological polar surface area (TPSA) is 3.24 Å². The lowest BCUT2D eigenvalue weighted by Crippen LogP contribution is -1.99. The molecule has 0 aromatic rings. The fraction of sp³-hybridized carbons (Fsp3) is 0.905. The molecule has 0 N–H and O–H groups in total. The molecule has 0 aliphatic carbocycles. The third-order valence-electron chi connectivity index (χ3n) is 8.67. The first-order valence-electron chi connectivity index (χ1n) is 19.9. The van der Waals surface area contributed by atoms with Crippen molar-refractivity contribution in [2.24, 2.45) is 5.92 Å². The maximum absolute atomic E-state index is 2.50. The molecule has 1 heteroatoms. The Kier molecular flexibility index (Phi) is 42.9. The molecule has 0 saturated heterocycles. The second kappa shape index (κ2) is 41.4. The van der Waals surface area contributed by atoms with E-state index in [0.29, 0.717) is 0 Å².